The van der Waals surface area contributed by atoms with Gasteiger partial charge in [0.25, 0.3) is 0 Å². The molecule has 0 aromatic rings. The molecule has 0 aromatic heterocycles. The lowest BCUT2D eigenvalue weighted by atomic mass is 10.1. The average Bonchev–Trinajstić information content (AvgIpc) is 2.08. The second-order valence-electron chi connectivity index (χ2n) is 2.99. The lowest BCUT2D eigenvalue weighted by Crippen LogP contribution is -2.05. The van der Waals surface area contributed by atoms with E-state index in [1.54, 1.807) is 0 Å². The summed E-state index contributed by atoms with van der Waals surface area (Å²) in [5, 5.41) is 7.84. The Morgan fingerprint density at radius 3 is 2.45 bits per heavy atom. The molecular formula is C8H17N3. The van der Waals surface area contributed by atoms with Crippen molar-refractivity contribution in [2.45, 2.75) is 38.5 Å². The molecule has 1 aliphatic rings. The number of nitrogens with zero attached hydrogens (tertiary/aromatic N) is 2. The highest BCUT2D eigenvalue weighted by Gasteiger charge is 1.92. The predicted molar refractivity (Wildman–Crippen MR) is 45.4 cm³/mol. The van der Waals surface area contributed by atoms with Crippen LogP contribution in [0.1, 0.15) is 38.5 Å². The highest BCUT2D eigenvalue weighted by molar-refractivity contribution is 4.49. The maximum Gasteiger partial charge on any atom is 0.0620 e. The normalized spacial score (nSPS) is 24.7. The fourth-order valence-electron chi connectivity index (χ4n) is 1.24. The summed E-state index contributed by atoms with van der Waals surface area (Å²) >= 11 is 0. The van der Waals surface area contributed by atoms with Crippen molar-refractivity contribution in [1.29, 1.82) is 0 Å². The second-order valence-corrected chi connectivity index (χ2v) is 2.99. The molecule has 0 amide bonds. The zero-order chi connectivity index (χ0) is 7.78. The van der Waals surface area contributed by atoms with Gasteiger partial charge >= 0.3 is 0 Å². The summed E-state index contributed by atoms with van der Waals surface area (Å²) in [4.78, 5) is 0. The topological polar surface area (TPSA) is 36.8 Å². The smallest absolute Gasteiger partial charge is 0.0620 e. The van der Waals surface area contributed by atoms with Crippen LogP contribution < -0.4 is 5.43 Å². The zero-order valence-corrected chi connectivity index (χ0v) is 7.05. The first-order valence-corrected chi connectivity index (χ1v) is 4.59. The quantitative estimate of drug-likeness (QED) is 0.572. The molecule has 0 unspecified atom stereocenters. The van der Waals surface area contributed by atoms with Crippen LogP contribution in [0.25, 0.3) is 0 Å². The van der Waals surface area contributed by atoms with Gasteiger partial charge in [-0.05, 0) is 12.8 Å². The Hall–Kier alpha value is -0.600. The minimum absolute atomic E-state index is 0.896. The van der Waals surface area contributed by atoms with Crippen LogP contribution in [0, 0.1) is 0 Å². The molecule has 0 saturated heterocycles. The van der Waals surface area contributed by atoms with Crippen LogP contribution in [0.5, 0.6) is 0 Å². The maximum absolute atomic E-state index is 3.99. The van der Waals surface area contributed by atoms with Gasteiger partial charge in [0.15, 0.2) is 0 Å². The van der Waals surface area contributed by atoms with Crippen LogP contribution in [-0.2, 0) is 0 Å². The van der Waals surface area contributed by atoms with Crippen LogP contribution in [0.3, 0.4) is 0 Å². The molecule has 0 aromatic carbocycles. The van der Waals surface area contributed by atoms with E-state index in [9.17, 15) is 0 Å². The first-order valence-electron chi connectivity index (χ1n) is 4.59. The van der Waals surface area contributed by atoms with Crippen LogP contribution >= 0.6 is 0 Å². The molecule has 0 bridgehead atoms. The molecule has 0 aliphatic carbocycles. The highest BCUT2D eigenvalue weighted by Crippen LogP contribution is 2.05. The number of hydrogen-bond acceptors (Lipinski definition) is 3. The van der Waals surface area contributed by atoms with E-state index >= 15 is 0 Å². The lowest BCUT2D eigenvalue weighted by molar-refractivity contribution is 0.588. The van der Waals surface area contributed by atoms with Gasteiger partial charge in [0.2, 0.25) is 0 Å². The molecule has 3 nitrogen and oxygen atoms in total. The van der Waals surface area contributed by atoms with Gasteiger partial charge in [-0.2, -0.15) is 5.11 Å². The monoisotopic (exact) mass is 155 g/mol. The molecule has 64 valence electrons. The molecule has 1 heterocycles. The van der Waals surface area contributed by atoms with Gasteiger partial charge < -0.3 is 0 Å². The Labute approximate surface area is 68.3 Å². The largest absolute Gasteiger partial charge is 0.292 e. The van der Waals surface area contributed by atoms with Gasteiger partial charge in [-0.3, -0.25) is 5.43 Å². The Kier molecular flexibility index (Phi) is 4.74. The second kappa shape index (κ2) is 6.13. The van der Waals surface area contributed by atoms with Gasteiger partial charge in [-0.15, -0.1) is 0 Å². The minimum atomic E-state index is 0.896. The zero-order valence-electron chi connectivity index (χ0n) is 7.05. The van der Waals surface area contributed by atoms with Crippen LogP contribution in [0.4, 0.5) is 0 Å². The van der Waals surface area contributed by atoms with E-state index in [-0.39, 0.29) is 0 Å². The standard InChI is InChI=1S/C8H17N3/c1-2-4-6-8-10-11-9-7-5-3-1/h1-8H2,(H,9,10). The molecule has 3 heteroatoms. The third-order valence-electron chi connectivity index (χ3n) is 1.94. The fourth-order valence-corrected chi connectivity index (χ4v) is 1.24. The molecule has 0 saturated carbocycles. The first-order chi connectivity index (χ1) is 5.50. The number of hydrogen-bond donors (Lipinski definition) is 1. The number of rotatable bonds is 0. The van der Waals surface area contributed by atoms with Gasteiger partial charge in [-0.25, -0.2) is 0 Å². The van der Waals surface area contributed by atoms with Gasteiger partial charge in [0.1, 0.15) is 0 Å². The average molecular weight is 155 g/mol. The van der Waals surface area contributed by atoms with Crippen molar-refractivity contribution in [3.05, 3.63) is 0 Å². The molecule has 1 rings (SSSR count). The summed E-state index contributed by atoms with van der Waals surface area (Å²) in [7, 11) is 0. The fraction of sp³-hybridized carbons (Fsp3) is 1.00. The summed E-state index contributed by atoms with van der Waals surface area (Å²) in [5.74, 6) is 0. The van der Waals surface area contributed by atoms with Crippen molar-refractivity contribution < 1.29 is 0 Å². The molecular weight excluding hydrogens is 138 g/mol. The van der Waals surface area contributed by atoms with Crippen molar-refractivity contribution in [2.75, 3.05) is 13.1 Å². The van der Waals surface area contributed by atoms with Crippen molar-refractivity contribution in [2.24, 2.45) is 10.3 Å². The Bertz CT molecular complexity index is 99.9. The third kappa shape index (κ3) is 4.76. The summed E-state index contributed by atoms with van der Waals surface area (Å²) in [6.07, 6.45) is 7.84. The molecule has 0 radical (unpaired) electrons. The minimum Gasteiger partial charge on any atom is -0.292 e. The molecule has 11 heavy (non-hydrogen) atoms. The van der Waals surface area contributed by atoms with E-state index in [1.165, 1.54) is 38.5 Å². The van der Waals surface area contributed by atoms with E-state index in [2.05, 4.69) is 15.8 Å². The van der Waals surface area contributed by atoms with E-state index in [1.807, 2.05) is 0 Å². The van der Waals surface area contributed by atoms with Crippen molar-refractivity contribution in [1.82, 2.24) is 5.43 Å². The Balaban J connectivity index is 2.11. The van der Waals surface area contributed by atoms with Crippen LogP contribution in [0.15, 0.2) is 10.3 Å². The first kappa shape index (κ1) is 8.50. The maximum atomic E-state index is 3.99. The molecule has 0 atom stereocenters. The molecule has 0 fully saturated rings. The number of nitrogens with one attached hydrogen (secondary N) is 1. The van der Waals surface area contributed by atoms with Crippen molar-refractivity contribution in [3.63, 3.8) is 0 Å². The predicted octanol–water partition coefficient (Wildman–Crippen LogP) is 2.30. The Morgan fingerprint density at radius 2 is 1.55 bits per heavy atom. The van der Waals surface area contributed by atoms with Gasteiger partial charge in [0.05, 0.1) is 6.54 Å². The van der Waals surface area contributed by atoms with E-state index in [4.69, 9.17) is 0 Å². The van der Waals surface area contributed by atoms with Crippen molar-refractivity contribution >= 4 is 0 Å². The third-order valence-corrected chi connectivity index (χ3v) is 1.94. The van der Waals surface area contributed by atoms with Crippen LogP contribution in [-0.4, -0.2) is 13.1 Å². The van der Waals surface area contributed by atoms with E-state index < -0.39 is 0 Å². The van der Waals surface area contributed by atoms with Gasteiger partial charge in [-0.1, -0.05) is 30.9 Å². The van der Waals surface area contributed by atoms with Crippen molar-refractivity contribution in [3.8, 4) is 0 Å². The molecule has 1 aliphatic heterocycles. The van der Waals surface area contributed by atoms with Gasteiger partial charge in [0, 0.05) is 6.54 Å². The molecule has 0 spiro atoms. The lowest BCUT2D eigenvalue weighted by Gasteiger charge is -1.97. The Morgan fingerprint density at radius 1 is 0.818 bits per heavy atom. The van der Waals surface area contributed by atoms with E-state index in [0.717, 1.165) is 13.1 Å². The molecule has 1 N–H and O–H groups in total. The highest BCUT2D eigenvalue weighted by atomic mass is 15.4. The summed E-state index contributed by atoms with van der Waals surface area (Å²) in [5.41, 5.74) is 2.94. The SMILES string of the molecule is C1CCCCN/N=N\CCC1. The summed E-state index contributed by atoms with van der Waals surface area (Å²) < 4.78 is 0. The summed E-state index contributed by atoms with van der Waals surface area (Å²) in [6, 6.07) is 0. The van der Waals surface area contributed by atoms with E-state index in [0.29, 0.717) is 0 Å². The van der Waals surface area contributed by atoms with Crippen LogP contribution in [0.2, 0.25) is 0 Å². The summed E-state index contributed by atoms with van der Waals surface area (Å²) in [6.45, 7) is 1.89.